The third-order valence-electron chi connectivity index (χ3n) is 3.23. The smallest absolute Gasteiger partial charge is 0.393 e. The van der Waals surface area contributed by atoms with E-state index in [4.69, 9.17) is 19.8 Å². The minimum atomic E-state index is -5.03. The molecular weight excluding hydrogens is 346 g/mol. The van der Waals surface area contributed by atoms with Crippen LogP contribution in [0.2, 0.25) is 0 Å². The van der Waals surface area contributed by atoms with Gasteiger partial charge in [-0.25, -0.2) is 9.13 Å². The number of unbranched alkanes of at least 4 members (excludes halogenated alkanes) is 8. The van der Waals surface area contributed by atoms with E-state index in [1.807, 2.05) is 0 Å². The molecule has 0 fully saturated rings. The Morgan fingerprint density at radius 1 is 0.826 bits per heavy atom. The van der Waals surface area contributed by atoms with Gasteiger partial charge >= 0.3 is 15.6 Å². The molecule has 0 aliphatic rings. The van der Waals surface area contributed by atoms with E-state index in [1.54, 1.807) is 6.92 Å². The molecule has 0 saturated carbocycles. The molecule has 2 atom stereocenters. The molecule has 0 radical (unpaired) electrons. The molecule has 0 bridgehead atoms. The average Bonchev–Trinajstić information content (AvgIpc) is 2.36. The normalized spacial score (nSPS) is 16.2. The topological polar surface area (TPSA) is 134 Å². The fourth-order valence-electron chi connectivity index (χ4n) is 2.12. The molecule has 0 spiro atoms. The minimum Gasteiger partial charge on any atom is -0.393 e. The van der Waals surface area contributed by atoms with Crippen LogP contribution in [-0.2, 0) is 18.0 Å². The number of hydrogen-bond acceptors (Lipinski definition) is 5. The highest BCUT2D eigenvalue weighted by Crippen LogP contribution is 2.57. The van der Waals surface area contributed by atoms with Crippen LogP contribution in [0, 0.1) is 0 Å². The number of phosphoric ester groups is 1. The number of phosphoric acid groups is 2. The first-order valence-corrected chi connectivity index (χ1v) is 11.1. The Morgan fingerprint density at radius 2 is 1.26 bits per heavy atom. The highest BCUT2D eigenvalue weighted by Gasteiger charge is 2.31. The summed E-state index contributed by atoms with van der Waals surface area (Å²) in [6.07, 6.45) is 9.73. The Labute approximate surface area is 138 Å². The van der Waals surface area contributed by atoms with Crippen LogP contribution in [0.3, 0.4) is 0 Å². The summed E-state index contributed by atoms with van der Waals surface area (Å²) in [5.74, 6) is 0. The van der Waals surface area contributed by atoms with Gasteiger partial charge in [0.15, 0.2) is 0 Å². The zero-order valence-electron chi connectivity index (χ0n) is 13.7. The quantitative estimate of drug-likeness (QED) is 0.252. The minimum absolute atomic E-state index is 0.0763. The third-order valence-corrected chi connectivity index (χ3v) is 5.42. The molecular formula is C13H30O8P2. The maximum atomic E-state index is 11.1. The van der Waals surface area contributed by atoms with Crippen LogP contribution in [0.25, 0.3) is 0 Å². The van der Waals surface area contributed by atoms with Gasteiger partial charge in [0, 0.05) is 0 Å². The molecule has 0 aromatic carbocycles. The summed E-state index contributed by atoms with van der Waals surface area (Å²) >= 11 is 0. The first kappa shape index (κ1) is 23.2. The fourth-order valence-corrected chi connectivity index (χ4v) is 3.74. The fraction of sp³-hybridized carbons (Fsp3) is 1.00. The van der Waals surface area contributed by atoms with Crippen LogP contribution in [0.15, 0.2) is 0 Å². The molecule has 0 aliphatic carbocycles. The van der Waals surface area contributed by atoms with Crippen molar-refractivity contribution in [3.63, 3.8) is 0 Å². The lowest BCUT2D eigenvalue weighted by molar-refractivity contribution is 0.175. The van der Waals surface area contributed by atoms with E-state index in [9.17, 15) is 9.13 Å². The van der Waals surface area contributed by atoms with Gasteiger partial charge in [-0.15, -0.1) is 0 Å². The summed E-state index contributed by atoms with van der Waals surface area (Å²) in [5.41, 5.74) is 0. The third kappa shape index (κ3) is 18.4. The van der Waals surface area contributed by atoms with Gasteiger partial charge in [0.05, 0.1) is 12.7 Å². The Hall–Kier alpha value is 0.220. The maximum Gasteiger partial charge on any atom is 0.481 e. The van der Waals surface area contributed by atoms with Crippen molar-refractivity contribution in [2.75, 3.05) is 6.61 Å². The van der Waals surface area contributed by atoms with Crippen LogP contribution >= 0.6 is 15.6 Å². The summed E-state index contributed by atoms with van der Waals surface area (Å²) in [6, 6.07) is 0. The summed E-state index contributed by atoms with van der Waals surface area (Å²) < 4.78 is 29.7. The SMILES string of the molecule is CC(O)CCCCCCCCCCCOP(=O)(O)OP(=O)(O)O. The van der Waals surface area contributed by atoms with Crippen molar-refractivity contribution in [2.24, 2.45) is 0 Å². The monoisotopic (exact) mass is 376 g/mol. The Bertz CT molecular complexity index is 382. The molecule has 10 heteroatoms. The lowest BCUT2D eigenvalue weighted by Gasteiger charge is -2.12. The van der Waals surface area contributed by atoms with Crippen molar-refractivity contribution >= 4 is 15.6 Å². The van der Waals surface area contributed by atoms with Crippen LogP contribution in [0.4, 0.5) is 0 Å². The first-order valence-electron chi connectivity index (χ1n) is 8.05. The zero-order chi connectivity index (χ0) is 17.8. The summed E-state index contributed by atoms with van der Waals surface area (Å²) in [5, 5.41) is 9.11. The van der Waals surface area contributed by atoms with Crippen molar-refractivity contribution in [1.82, 2.24) is 0 Å². The van der Waals surface area contributed by atoms with Gasteiger partial charge in [-0.05, 0) is 19.8 Å². The molecule has 0 aliphatic heterocycles. The predicted octanol–water partition coefficient (Wildman–Crippen LogP) is 3.49. The van der Waals surface area contributed by atoms with Gasteiger partial charge in [-0.2, -0.15) is 4.31 Å². The highest BCUT2D eigenvalue weighted by atomic mass is 31.3. The van der Waals surface area contributed by atoms with Crippen LogP contribution in [0.1, 0.15) is 71.1 Å². The van der Waals surface area contributed by atoms with Gasteiger partial charge in [-0.1, -0.05) is 51.4 Å². The van der Waals surface area contributed by atoms with Gasteiger partial charge in [0.1, 0.15) is 0 Å². The maximum absolute atomic E-state index is 11.1. The van der Waals surface area contributed by atoms with Crippen molar-refractivity contribution in [1.29, 1.82) is 0 Å². The molecule has 8 nitrogen and oxygen atoms in total. The molecule has 2 unspecified atom stereocenters. The van der Waals surface area contributed by atoms with Gasteiger partial charge in [0.25, 0.3) is 0 Å². The van der Waals surface area contributed by atoms with Crippen LogP contribution in [0.5, 0.6) is 0 Å². The Kier molecular flexibility index (Phi) is 12.7. The molecule has 0 rings (SSSR count). The van der Waals surface area contributed by atoms with E-state index in [2.05, 4.69) is 8.83 Å². The van der Waals surface area contributed by atoms with Crippen molar-refractivity contribution < 1.29 is 37.8 Å². The van der Waals surface area contributed by atoms with Crippen molar-refractivity contribution in [2.45, 2.75) is 77.2 Å². The molecule has 0 saturated heterocycles. The molecule has 0 amide bonds. The van der Waals surface area contributed by atoms with Crippen LogP contribution in [-0.4, -0.2) is 32.5 Å². The van der Waals surface area contributed by atoms with Gasteiger partial charge < -0.3 is 19.8 Å². The second-order valence-corrected chi connectivity index (χ2v) is 8.52. The standard InChI is InChI=1S/C13H30O8P2/c1-13(14)11-9-7-5-3-2-4-6-8-10-12-20-23(18,19)21-22(15,16)17/h13-14H,2-12H2,1H3,(H,18,19)(H2,15,16,17). The van der Waals surface area contributed by atoms with E-state index in [0.717, 1.165) is 51.4 Å². The van der Waals surface area contributed by atoms with Crippen molar-refractivity contribution in [3.8, 4) is 0 Å². The first-order chi connectivity index (χ1) is 10.6. The van der Waals surface area contributed by atoms with E-state index < -0.39 is 15.6 Å². The summed E-state index contributed by atoms with van der Waals surface area (Å²) in [4.78, 5) is 25.9. The number of rotatable bonds is 15. The Balaban J connectivity index is 3.37. The van der Waals surface area contributed by atoms with Gasteiger partial charge in [0.2, 0.25) is 0 Å². The molecule has 23 heavy (non-hydrogen) atoms. The number of hydrogen-bond donors (Lipinski definition) is 4. The second-order valence-electron chi connectivity index (χ2n) is 5.69. The van der Waals surface area contributed by atoms with E-state index in [1.165, 1.54) is 6.42 Å². The van der Waals surface area contributed by atoms with E-state index >= 15 is 0 Å². The molecule has 0 aromatic heterocycles. The molecule has 0 heterocycles. The summed E-state index contributed by atoms with van der Waals surface area (Å²) in [7, 11) is -9.71. The Morgan fingerprint density at radius 3 is 1.70 bits per heavy atom. The number of aliphatic hydroxyl groups excluding tert-OH is 1. The molecule has 0 aromatic rings. The zero-order valence-corrected chi connectivity index (χ0v) is 15.5. The lowest BCUT2D eigenvalue weighted by Crippen LogP contribution is -1.98. The van der Waals surface area contributed by atoms with E-state index in [0.29, 0.717) is 6.42 Å². The van der Waals surface area contributed by atoms with Gasteiger partial charge in [-0.3, -0.25) is 4.52 Å². The lowest BCUT2D eigenvalue weighted by atomic mass is 10.1. The predicted molar refractivity (Wildman–Crippen MR) is 86.8 cm³/mol. The molecule has 140 valence electrons. The van der Waals surface area contributed by atoms with Crippen molar-refractivity contribution in [3.05, 3.63) is 0 Å². The second kappa shape index (κ2) is 12.6. The largest absolute Gasteiger partial charge is 0.481 e. The van der Waals surface area contributed by atoms with E-state index in [-0.39, 0.29) is 12.7 Å². The average molecular weight is 376 g/mol. The molecule has 4 N–H and O–H groups in total. The van der Waals surface area contributed by atoms with Crippen LogP contribution < -0.4 is 0 Å². The summed E-state index contributed by atoms with van der Waals surface area (Å²) in [6.45, 7) is 1.73. The number of aliphatic hydroxyl groups is 1. The highest BCUT2D eigenvalue weighted by molar-refractivity contribution is 7.60.